The van der Waals surface area contributed by atoms with Crippen LogP contribution in [0.1, 0.15) is 55.9 Å². The second-order valence-electron chi connectivity index (χ2n) is 9.26. The molecule has 1 N–H and O–H groups in total. The number of hydrogen-bond acceptors (Lipinski definition) is 2. The molecule has 4 nitrogen and oxygen atoms in total. The number of aromatic nitrogens is 1. The number of carbonyl (C=O) groups excluding carboxylic acids is 1. The van der Waals surface area contributed by atoms with E-state index in [4.69, 9.17) is 0 Å². The van der Waals surface area contributed by atoms with Crippen molar-refractivity contribution >= 4 is 29.2 Å². The fourth-order valence-corrected chi connectivity index (χ4v) is 5.70. The summed E-state index contributed by atoms with van der Waals surface area (Å²) in [7, 11) is 2.24. The van der Waals surface area contributed by atoms with Gasteiger partial charge in [0.05, 0.1) is 11.3 Å². The molecular formula is C26H32ClN3O. The van der Waals surface area contributed by atoms with Gasteiger partial charge in [-0.3, -0.25) is 4.79 Å². The number of hydrogen-bond donors (Lipinski definition) is 1. The van der Waals surface area contributed by atoms with E-state index in [-0.39, 0.29) is 30.4 Å². The minimum atomic E-state index is 0. The Bertz CT molecular complexity index is 1060. The van der Waals surface area contributed by atoms with Crippen molar-refractivity contribution in [1.29, 1.82) is 0 Å². The number of nitrogens with one attached hydrogen (secondary N) is 1. The van der Waals surface area contributed by atoms with Gasteiger partial charge in [0, 0.05) is 35.1 Å². The SMILES string of the molecule is CC(C)n1c(-c2ccccc2)c(C(=O)NC2C[C@H]3CC[C@@H](C2)N3C)c2ccccc21.Cl. The predicted octanol–water partition coefficient (Wildman–Crippen LogP) is 5.67. The van der Waals surface area contributed by atoms with E-state index in [9.17, 15) is 4.79 Å². The standard InChI is InChI=1S/C26H31N3O.ClH/c1-17(2)29-23-12-8-7-11-22(23)24(25(29)18-9-5-4-6-10-18)26(30)27-19-15-20-13-14-21(16-19)28(20)3;/h4-12,17,19-21H,13-16H2,1-3H3,(H,27,30);1H/t19?,20-,21+;. The quantitative estimate of drug-likeness (QED) is 0.571. The van der Waals surface area contributed by atoms with Crippen molar-refractivity contribution < 1.29 is 4.79 Å². The molecule has 2 aliphatic rings. The molecule has 3 aromatic rings. The zero-order chi connectivity index (χ0) is 20.8. The summed E-state index contributed by atoms with van der Waals surface area (Å²) in [5.74, 6) is 0.0680. The summed E-state index contributed by atoms with van der Waals surface area (Å²) in [5.41, 5.74) is 4.06. The van der Waals surface area contributed by atoms with E-state index < -0.39 is 0 Å². The molecule has 164 valence electrons. The fourth-order valence-electron chi connectivity index (χ4n) is 5.70. The molecule has 0 saturated carbocycles. The minimum Gasteiger partial charge on any atom is -0.349 e. The van der Waals surface area contributed by atoms with Gasteiger partial charge in [0.25, 0.3) is 5.91 Å². The van der Waals surface area contributed by atoms with Gasteiger partial charge in [-0.25, -0.2) is 0 Å². The van der Waals surface area contributed by atoms with Gasteiger partial charge in [-0.15, -0.1) is 12.4 Å². The summed E-state index contributed by atoms with van der Waals surface area (Å²) in [5, 5.41) is 4.47. The van der Waals surface area contributed by atoms with Gasteiger partial charge in [0.1, 0.15) is 0 Å². The maximum atomic E-state index is 13.7. The number of piperidine rings is 1. The molecule has 2 bridgehead atoms. The van der Waals surface area contributed by atoms with Crippen LogP contribution in [0.2, 0.25) is 0 Å². The van der Waals surface area contributed by atoms with Gasteiger partial charge in [0.15, 0.2) is 0 Å². The van der Waals surface area contributed by atoms with Crippen LogP contribution < -0.4 is 5.32 Å². The lowest BCUT2D eigenvalue weighted by molar-refractivity contribution is 0.0884. The Balaban J connectivity index is 0.00000231. The first-order chi connectivity index (χ1) is 14.5. The molecule has 3 heterocycles. The van der Waals surface area contributed by atoms with Crippen LogP contribution in [0.4, 0.5) is 0 Å². The molecule has 0 radical (unpaired) electrons. The molecule has 2 saturated heterocycles. The molecule has 0 spiro atoms. The van der Waals surface area contributed by atoms with Crippen LogP contribution in [0.5, 0.6) is 0 Å². The number of fused-ring (bicyclic) bond motifs is 3. The zero-order valence-electron chi connectivity index (χ0n) is 18.5. The lowest BCUT2D eigenvalue weighted by atomic mass is 9.97. The Morgan fingerprint density at radius 1 is 0.968 bits per heavy atom. The number of amides is 1. The molecule has 2 fully saturated rings. The summed E-state index contributed by atoms with van der Waals surface area (Å²) in [6, 6.07) is 20.4. The largest absolute Gasteiger partial charge is 0.349 e. The molecule has 1 aromatic heterocycles. The molecule has 2 aromatic carbocycles. The Kier molecular flexibility index (Phi) is 6.14. The number of nitrogens with zero attached hydrogens (tertiary/aromatic N) is 2. The van der Waals surface area contributed by atoms with Crippen molar-refractivity contribution in [2.45, 2.75) is 63.7 Å². The van der Waals surface area contributed by atoms with Gasteiger partial charge in [-0.05, 0) is 58.2 Å². The summed E-state index contributed by atoms with van der Waals surface area (Å²) >= 11 is 0. The molecule has 2 aliphatic heterocycles. The lowest BCUT2D eigenvalue weighted by Gasteiger charge is -2.36. The van der Waals surface area contributed by atoms with E-state index in [0.29, 0.717) is 12.1 Å². The second kappa shape index (κ2) is 8.68. The van der Waals surface area contributed by atoms with Crippen LogP contribution in [0.25, 0.3) is 22.2 Å². The monoisotopic (exact) mass is 437 g/mol. The molecule has 1 amide bonds. The van der Waals surface area contributed by atoms with Gasteiger partial charge in [-0.1, -0.05) is 48.5 Å². The molecule has 0 aliphatic carbocycles. The average molecular weight is 438 g/mol. The van der Waals surface area contributed by atoms with E-state index in [1.54, 1.807) is 0 Å². The van der Waals surface area contributed by atoms with E-state index in [1.165, 1.54) is 12.8 Å². The predicted molar refractivity (Wildman–Crippen MR) is 130 cm³/mol. The zero-order valence-corrected chi connectivity index (χ0v) is 19.4. The van der Waals surface area contributed by atoms with Crippen molar-refractivity contribution in [1.82, 2.24) is 14.8 Å². The number of para-hydroxylation sites is 1. The van der Waals surface area contributed by atoms with Crippen LogP contribution in [0.15, 0.2) is 54.6 Å². The molecule has 5 heteroatoms. The Morgan fingerprint density at radius 2 is 1.58 bits per heavy atom. The van der Waals surface area contributed by atoms with E-state index in [1.807, 2.05) is 24.3 Å². The highest BCUT2D eigenvalue weighted by Crippen LogP contribution is 2.38. The second-order valence-corrected chi connectivity index (χ2v) is 9.26. The summed E-state index contributed by atoms with van der Waals surface area (Å²) in [6.07, 6.45) is 4.63. The number of rotatable bonds is 4. The molecular weight excluding hydrogens is 406 g/mol. The summed E-state index contributed by atoms with van der Waals surface area (Å²) in [6.45, 7) is 4.38. The van der Waals surface area contributed by atoms with Crippen molar-refractivity contribution in [3.63, 3.8) is 0 Å². The number of halogens is 1. The first-order valence-corrected chi connectivity index (χ1v) is 11.3. The van der Waals surface area contributed by atoms with Crippen LogP contribution in [-0.4, -0.2) is 40.5 Å². The van der Waals surface area contributed by atoms with Crippen LogP contribution >= 0.6 is 12.4 Å². The Morgan fingerprint density at radius 3 is 2.23 bits per heavy atom. The Labute approximate surface area is 191 Å². The average Bonchev–Trinajstić information content (AvgIpc) is 3.18. The van der Waals surface area contributed by atoms with Crippen molar-refractivity contribution in [2.24, 2.45) is 0 Å². The third-order valence-corrected chi connectivity index (χ3v) is 7.13. The molecule has 3 atom stereocenters. The first-order valence-electron chi connectivity index (χ1n) is 11.3. The van der Waals surface area contributed by atoms with E-state index >= 15 is 0 Å². The molecule has 5 rings (SSSR count). The summed E-state index contributed by atoms with van der Waals surface area (Å²) in [4.78, 5) is 16.3. The number of carbonyl (C=O) groups is 1. The molecule has 31 heavy (non-hydrogen) atoms. The first kappa shape index (κ1) is 21.9. The maximum absolute atomic E-state index is 13.7. The van der Waals surface area contributed by atoms with Crippen molar-refractivity contribution in [2.75, 3.05) is 7.05 Å². The van der Waals surface area contributed by atoms with Crippen LogP contribution in [0, 0.1) is 0 Å². The Hall–Kier alpha value is -2.30. The van der Waals surface area contributed by atoms with Crippen molar-refractivity contribution in [3.05, 3.63) is 60.2 Å². The molecule has 1 unspecified atom stereocenters. The number of benzene rings is 2. The lowest BCUT2D eigenvalue weighted by Crippen LogP contribution is -2.48. The van der Waals surface area contributed by atoms with Gasteiger partial charge >= 0.3 is 0 Å². The normalized spacial score (nSPS) is 23.2. The van der Waals surface area contributed by atoms with Crippen molar-refractivity contribution in [3.8, 4) is 11.3 Å². The van der Waals surface area contributed by atoms with E-state index in [2.05, 4.69) is 66.0 Å². The third-order valence-electron chi connectivity index (χ3n) is 7.13. The van der Waals surface area contributed by atoms with Crippen LogP contribution in [-0.2, 0) is 0 Å². The highest BCUT2D eigenvalue weighted by atomic mass is 35.5. The maximum Gasteiger partial charge on any atom is 0.254 e. The highest BCUT2D eigenvalue weighted by molar-refractivity contribution is 6.13. The topological polar surface area (TPSA) is 37.3 Å². The third kappa shape index (κ3) is 3.77. The van der Waals surface area contributed by atoms with Gasteiger partial charge in [0.2, 0.25) is 0 Å². The summed E-state index contributed by atoms with van der Waals surface area (Å²) < 4.78 is 2.32. The fraction of sp³-hybridized carbons (Fsp3) is 0.423. The van der Waals surface area contributed by atoms with Crippen LogP contribution in [0.3, 0.4) is 0 Å². The van der Waals surface area contributed by atoms with Gasteiger partial charge in [-0.2, -0.15) is 0 Å². The smallest absolute Gasteiger partial charge is 0.254 e. The minimum absolute atomic E-state index is 0. The highest BCUT2D eigenvalue weighted by Gasteiger charge is 2.39. The van der Waals surface area contributed by atoms with Gasteiger partial charge < -0.3 is 14.8 Å². The van der Waals surface area contributed by atoms with E-state index in [0.717, 1.165) is 40.6 Å².